The molecule has 23 heavy (non-hydrogen) atoms. The fourth-order valence-electron chi connectivity index (χ4n) is 3.63. The zero-order chi connectivity index (χ0) is 16.4. The molecular weight excluding hydrogens is 302 g/mol. The highest BCUT2D eigenvalue weighted by molar-refractivity contribution is 5.47. The molecule has 0 aromatic heterocycles. The van der Waals surface area contributed by atoms with E-state index in [0.717, 1.165) is 38.2 Å². The molecule has 0 radical (unpaired) electrons. The minimum atomic E-state index is -0.809. The van der Waals surface area contributed by atoms with Crippen LogP contribution in [0.2, 0.25) is 0 Å². The number of likely N-dealkylation sites (tertiary alicyclic amines) is 1. The molecule has 0 saturated carbocycles. The van der Waals surface area contributed by atoms with Crippen LogP contribution in [0.5, 0.6) is 0 Å². The summed E-state index contributed by atoms with van der Waals surface area (Å²) in [7, 11) is 0. The minimum absolute atomic E-state index is 0.0933. The zero-order valence-corrected chi connectivity index (χ0v) is 13.4. The van der Waals surface area contributed by atoms with Crippen molar-refractivity contribution < 1.29 is 18.6 Å². The van der Waals surface area contributed by atoms with Gasteiger partial charge in [-0.05, 0) is 31.9 Å². The van der Waals surface area contributed by atoms with E-state index in [2.05, 4.69) is 9.80 Å². The number of anilines is 1. The highest BCUT2D eigenvalue weighted by Crippen LogP contribution is 2.26. The molecule has 2 atom stereocenters. The molecule has 0 amide bonds. The van der Waals surface area contributed by atoms with Gasteiger partial charge in [-0.25, -0.2) is 8.78 Å². The van der Waals surface area contributed by atoms with Crippen LogP contribution in [-0.4, -0.2) is 61.0 Å². The van der Waals surface area contributed by atoms with Gasteiger partial charge in [-0.2, -0.15) is 0 Å². The molecule has 0 unspecified atom stereocenters. The summed E-state index contributed by atoms with van der Waals surface area (Å²) in [6.07, 6.45) is 1.39. The van der Waals surface area contributed by atoms with Gasteiger partial charge in [0.15, 0.2) is 11.6 Å². The summed E-state index contributed by atoms with van der Waals surface area (Å²) in [4.78, 5) is 4.39. The topological polar surface area (TPSA) is 35.9 Å². The van der Waals surface area contributed by atoms with Gasteiger partial charge < -0.3 is 14.7 Å². The summed E-state index contributed by atoms with van der Waals surface area (Å²) in [6, 6.07) is 4.49. The van der Waals surface area contributed by atoms with Gasteiger partial charge in [0, 0.05) is 50.6 Å². The number of piperidine rings is 1. The van der Waals surface area contributed by atoms with E-state index >= 15 is 0 Å². The molecule has 1 aromatic carbocycles. The lowest BCUT2D eigenvalue weighted by Gasteiger charge is -2.37. The summed E-state index contributed by atoms with van der Waals surface area (Å²) in [5.41, 5.74) is 0.732. The lowest BCUT2D eigenvalue weighted by atomic mass is 10.0. The van der Waals surface area contributed by atoms with Crippen molar-refractivity contribution in [3.8, 4) is 0 Å². The number of β-amino-alcohol motifs (C(OH)–C–C–N with tert-alkyl or cyclic N) is 1. The monoisotopic (exact) mass is 326 g/mol. The molecule has 2 heterocycles. The molecule has 0 spiro atoms. The van der Waals surface area contributed by atoms with E-state index in [4.69, 9.17) is 4.74 Å². The molecule has 128 valence electrons. The third-order valence-electron chi connectivity index (χ3n) is 4.90. The standard InChI is InChI=1S/C17H24F2N2O2/c1-2-23-17-11-21(10-16(17)22)12-5-7-20(8-6-12)13-3-4-14(18)15(19)9-13/h3-4,9,12,16-17,22H,2,5-8,10-11H2,1H3/t16-,17-/m0/s1. The maximum absolute atomic E-state index is 13.4. The second kappa shape index (κ2) is 7.11. The van der Waals surface area contributed by atoms with Crippen molar-refractivity contribution in [1.29, 1.82) is 0 Å². The van der Waals surface area contributed by atoms with Crippen molar-refractivity contribution in [3.05, 3.63) is 29.8 Å². The van der Waals surface area contributed by atoms with Gasteiger partial charge in [0.1, 0.15) is 0 Å². The zero-order valence-electron chi connectivity index (χ0n) is 13.4. The Bertz CT molecular complexity index is 535. The molecule has 2 aliphatic rings. The molecule has 3 rings (SSSR count). The first kappa shape index (κ1) is 16.6. The second-order valence-electron chi connectivity index (χ2n) is 6.33. The molecule has 1 aromatic rings. The Balaban J connectivity index is 1.55. The maximum Gasteiger partial charge on any atom is 0.160 e. The minimum Gasteiger partial charge on any atom is -0.389 e. The van der Waals surface area contributed by atoms with Gasteiger partial charge in [0.25, 0.3) is 0 Å². The van der Waals surface area contributed by atoms with Crippen LogP contribution in [-0.2, 0) is 4.74 Å². The molecule has 0 bridgehead atoms. The Morgan fingerprint density at radius 1 is 1.17 bits per heavy atom. The van der Waals surface area contributed by atoms with Crippen LogP contribution in [0.15, 0.2) is 18.2 Å². The quantitative estimate of drug-likeness (QED) is 0.918. The van der Waals surface area contributed by atoms with E-state index in [1.54, 1.807) is 6.07 Å². The summed E-state index contributed by atoms with van der Waals surface area (Å²) in [5.74, 6) is -1.61. The fourth-order valence-corrected chi connectivity index (χ4v) is 3.63. The van der Waals surface area contributed by atoms with Crippen LogP contribution in [0.3, 0.4) is 0 Å². The predicted octanol–water partition coefficient (Wildman–Crippen LogP) is 2.02. The Hall–Kier alpha value is -1.24. The number of nitrogens with zero attached hydrogens (tertiary/aromatic N) is 2. The van der Waals surface area contributed by atoms with Crippen LogP contribution in [0, 0.1) is 11.6 Å². The summed E-state index contributed by atoms with van der Waals surface area (Å²) in [6.45, 7) is 5.59. The SMILES string of the molecule is CCO[C@H]1CN(C2CCN(c3ccc(F)c(F)c3)CC2)C[C@@H]1O. The van der Waals surface area contributed by atoms with Gasteiger partial charge in [0.2, 0.25) is 0 Å². The number of hydrogen-bond donors (Lipinski definition) is 1. The highest BCUT2D eigenvalue weighted by Gasteiger charge is 2.36. The Morgan fingerprint density at radius 2 is 1.91 bits per heavy atom. The Morgan fingerprint density at radius 3 is 2.57 bits per heavy atom. The molecule has 6 heteroatoms. The first-order valence-corrected chi connectivity index (χ1v) is 8.32. The predicted molar refractivity (Wildman–Crippen MR) is 84.6 cm³/mol. The molecule has 1 N–H and O–H groups in total. The van der Waals surface area contributed by atoms with E-state index in [9.17, 15) is 13.9 Å². The van der Waals surface area contributed by atoms with Gasteiger partial charge in [0.05, 0.1) is 12.2 Å². The Labute approximate surface area is 135 Å². The molecule has 2 aliphatic heterocycles. The fraction of sp³-hybridized carbons (Fsp3) is 0.647. The van der Waals surface area contributed by atoms with E-state index in [1.165, 1.54) is 12.1 Å². The molecule has 2 saturated heterocycles. The van der Waals surface area contributed by atoms with Crippen molar-refractivity contribution in [2.24, 2.45) is 0 Å². The molecule has 4 nitrogen and oxygen atoms in total. The largest absolute Gasteiger partial charge is 0.389 e. The van der Waals surface area contributed by atoms with E-state index in [1.807, 2.05) is 6.92 Å². The van der Waals surface area contributed by atoms with E-state index < -0.39 is 17.7 Å². The van der Waals surface area contributed by atoms with E-state index in [-0.39, 0.29) is 6.10 Å². The Kier molecular flexibility index (Phi) is 5.14. The summed E-state index contributed by atoms with van der Waals surface area (Å²) < 4.78 is 32.0. The second-order valence-corrected chi connectivity index (χ2v) is 6.33. The summed E-state index contributed by atoms with van der Waals surface area (Å²) in [5, 5.41) is 10.1. The normalized spacial score (nSPS) is 26.9. The molecule has 2 fully saturated rings. The van der Waals surface area contributed by atoms with Crippen LogP contribution in [0.1, 0.15) is 19.8 Å². The third kappa shape index (κ3) is 3.65. The molecule has 0 aliphatic carbocycles. The van der Waals surface area contributed by atoms with Crippen molar-refractivity contribution in [3.63, 3.8) is 0 Å². The van der Waals surface area contributed by atoms with Crippen molar-refractivity contribution in [1.82, 2.24) is 4.90 Å². The number of aliphatic hydroxyl groups excluding tert-OH is 1. The first-order valence-electron chi connectivity index (χ1n) is 8.32. The average molecular weight is 326 g/mol. The number of hydrogen-bond acceptors (Lipinski definition) is 4. The van der Waals surface area contributed by atoms with Crippen molar-refractivity contribution in [2.45, 2.75) is 38.0 Å². The van der Waals surface area contributed by atoms with Crippen LogP contribution in [0.25, 0.3) is 0 Å². The number of ether oxygens (including phenoxy) is 1. The number of rotatable bonds is 4. The average Bonchev–Trinajstić information content (AvgIpc) is 2.92. The third-order valence-corrected chi connectivity index (χ3v) is 4.90. The summed E-state index contributed by atoms with van der Waals surface area (Å²) >= 11 is 0. The van der Waals surface area contributed by atoms with Gasteiger partial charge in [-0.3, -0.25) is 4.90 Å². The van der Waals surface area contributed by atoms with Crippen molar-refractivity contribution >= 4 is 5.69 Å². The number of benzene rings is 1. The van der Waals surface area contributed by atoms with Crippen LogP contribution >= 0.6 is 0 Å². The smallest absolute Gasteiger partial charge is 0.160 e. The number of halogens is 2. The van der Waals surface area contributed by atoms with Gasteiger partial charge in [-0.15, -0.1) is 0 Å². The lowest BCUT2D eigenvalue weighted by Crippen LogP contribution is -2.44. The van der Waals surface area contributed by atoms with Crippen molar-refractivity contribution in [2.75, 3.05) is 37.7 Å². The maximum atomic E-state index is 13.4. The van der Waals surface area contributed by atoms with E-state index in [0.29, 0.717) is 19.2 Å². The first-order chi connectivity index (χ1) is 11.1. The van der Waals surface area contributed by atoms with Crippen LogP contribution in [0.4, 0.5) is 14.5 Å². The molecular formula is C17H24F2N2O2. The highest BCUT2D eigenvalue weighted by atomic mass is 19.2. The van der Waals surface area contributed by atoms with Gasteiger partial charge >= 0.3 is 0 Å². The number of aliphatic hydroxyl groups is 1. The van der Waals surface area contributed by atoms with Crippen LogP contribution < -0.4 is 4.90 Å². The van der Waals surface area contributed by atoms with Gasteiger partial charge in [-0.1, -0.05) is 0 Å². The lowest BCUT2D eigenvalue weighted by molar-refractivity contribution is -0.00267.